The van der Waals surface area contributed by atoms with Gasteiger partial charge in [-0.25, -0.2) is 12.8 Å². The molecule has 0 aromatic heterocycles. The highest BCUT2D eigenvalue weighted by Gasteiger charge is 2.24. The molecule has 0 bridgehead atoms. The minimum atomic E-state index is -3.63. The van der Waals surface area contributed by atoms with E-state index in [0.29, 0.717) is 5.56 Å². The SMILES string of the molecule is CC(NC(=O)C(C)C(N)c1ccccc1)c1ccc(S(C)(=O)=O)c(F)c1. The maximum absolute atomic E-state index is 14.0. The van der Waals surface area contributed by atoms with Crippen molar-refractivity contribution in [2.45, 2.75) is 30.8 Å². The van der Waals surface area contributed by atoms with E-state index >= 15 is 0 Å². The molecule has 3 atom stereocenters. The first-order valence-corrected chi connectivity index (χ1v) is 10.1. The Labute approximate surface area is 153 Å². The van der Waals surface area contributed by atoms with E-state index in [2.05, 4.69) is 5.32 Å². The normalized spacial score (nSPS) is 15.1. The van der Waals surface area contributed by atoms with E-state index < -0.39 is 33.7 Å². The Morgan fingerprint density at radius 3 is 2.23 bits per heavy atom. The number of nitrogens with one attached hydrogen (secondary N) is 1. The number of carbonyl (C=O) groups excluding carboxylic acids is 1. The molecule has 0 aliphatic rings. The number of hydrogen-bond acceptors (Lipinski definition) is 4. The third-order valence-electron chi connectivity index (χ3n) is 4.35. The van der Waals surface area contributed by atoms with Crippen molar-refractivity contribution in [3.05, 3.63) is 65.5 Å². The molecule has 2 aromatic carbocycles. The van der Waals surface area contributed by atoms with E-state index in [4.69, 9.17) is 5.73 Å². The predicted molar refractivity (Wildman–Crippen MR) is 98.6 cm³/mol. The van der Waals surface area contributed by atoms with Crippen LogP contribution in [0.25, 0.3) is 0 Å². The van der Waals surface area contributed by atoms with Crippen molar-refractivity contribution in [2.75, 3.05) is 6.26 Å². The van der Waals surface area contributed by atoms with E-state index in [-0.39, 0.29) is 10.8 Å². The Morgan fingerprint density at radius 2 is 1.69 bits per heavy atom. The third kappa shape index (κ3) is 4.68. The summed E-state index contributed by atoms with van der Waals surface area (Å²) >= 11 is 0. The van der Waals surface area contributed by atoms with Gasteiger partial charge in [0.25, 0.3) is 0 Å². The molecule has 0 radical (unpaired) electrons. The Bertz CT molecular complexity index is 885. The fourth-order valence-corrected chi connectivity index (χ4v) is 3.37. The summed E-state index contributed by atoms with van der Waals surface area (Å²) in [5.41, 5.74) is 7.49. The molecule has 3 N–H and O–H groups in total. The fraction of sp³-hybridized carbons (Fsp3) is 0.316. The van der Waals surface area contributed by atoms with E-state index in [1.807, 2.05) is 30.3 Å². The quantitative estimate of drug-likeness (QED) is 0.809. The first-order chi connectivity index (χ1) is 12.1. The van der Waals surface area contributed by atoms with Gasteiger partial charge in [0.15, 0.2) is 9.84 Å². The van der Waals surface area contributed by atoms with Crippen molar-refractivity contribution in [3.8, 4) is 0 Å². The fourth-order valence-electron chi connectivity index (χ4n) is 2.64. The molecular weight excluding hydrogens is 355 g/mol. The van der Waals surface area contributed by atoms with Gasteiger partial charge in [0, 0.05) is 12.3 Å². The van der Waals surface area contributed by atoms with Crippen LogP contribution in [0, 0.1) is 11.7 Å². The monoisotopic (exact) mass is 378 g/mol. The average Bonchev–Trinajstić information content (AvgIpc) is 2.59. The van der Waals surface area contributed by atoms with Crippen LogP contribution in [-0.2, 0) is 14.6 Å². The number of sulfone groups is 1. The molecule has 2 rings (SSSR count). The van der Waals surface area contributed by atoms with Gasteiger partial charge < -0.3 is 11.1 Å². The Hall–Kier alpha value is -2.25. The molecule has 7 heteroatoms. The van der Waals surface area contributed by atoms with E-state index in [1.165, 1.54) is 12.1 Å². The maximum Gasteiger partial charge on any atom is 0.225 e. The lowest BCUT2D eigenvalue weighted by atomic mass is 9.94. The number of carbonyl (C=O) groups is 1. The molecule has 0 heterocycles. The number of rotatable bonds is 6. The summed E-state index contributed by atoms with van der Waals surface area (Å²) in [7, 11) is -3.63. The molecule has 26 heavy (non-hydrogen) atoms. The van der Waals surface area contributed by atoms with E-state index in [0.717, 1.165) is 17.9 Å². The lowest BCUT2D eigenvalue weighted by molar-refractivity contribution is -0.125. The van der Waals surface area contributed by atoms with Gasteiger partial charge in [-0.05, 0) is 30.2 Å². The first-order valence-electron chi connectivity index (χ1n) is 8.21. The summed E-state index contributed by atoms with van der Waals surface area (Å²) in [6, 6.07) is 12.2. The molecule has 0 fully saturated rings. The molecule has 0 spiro atoms. The van der Waals surface area contributed by atoms with Gasteiger partial charge in [-0.2, -0.15) is 0 Å². The third-order valence-corrected chi connectivity index (χ3v) is 5.48. The number of halogens is 1. The van der Waals surface area contributed by atoms with E-state index in [1.54, 1.807) is 13.8 Å². The van der Waals surface area contributed by atoms with Crippen molar-refractivity contribution in [3.63, 3.8) is 0 Å². The van der Waals surface area contributed by atoms with Gasteiger partial charge in [0.2, 0.25) is 5.91 Å². The molecule has 0 saturated carbocycles. The standard InChI is InChI=1S/C19H23FN2O3S/c1-12(18(21)14-7-5-4-6-8-14)19(23)22-13(2)15-9-10-17(16(20)11-15)26(3,24)25/h4-13,18H,21H2,1-3H3,(H,22,23). The van der Waals surface area contributed by atoms with Gasteiger partial charge in [0.05, 0.1) is 12.0 Å². The summed E-state index contributed by atoms with van der Waals surface area (Å²) in [5, 5.41) is 2.80. The second kappa shape index (κ2) is 7.97. The summed E-state index contributed by atoms with van der Waals surface area (Å²) in [5.74, 6) is -1.58. The van der Waals surface area contributed by atoms with Crippen LogP contribution in [0.3, 0.4) is 0 Å². The van der Waals surface area contributed by atoms with Gasteiger partial charge in [-0.15, -0.1) is 0 Å². The molecule has 0 saturated heterocycles. The van der Waals surface area contributed by atoms with Crippen molar-refractivity contribution in [1.29, 1.82) is 0 Å². The van der Waals surface area contributed by atoms with Gasteiger partial charge in [-0.1, -0.05) is 43.3 Å². The van der Waals surface area contributed by atoms with Crippen LogP contribution in [-0.4, -0.2) is 20.6 Å². The summed E-state index contributed by atoms with van der Waals surface area (Å²) < 4.78 is 37.0. The molecular formula is C19H23FN2O3S. The van der Waals surface area contributed by atoms with Crippen LogP contribution in [0.5, 0.6) is 0 Å². The summed E-state index contributed by atoms with van der Waals surface area (Å²) in [6.07, 6.45) is 0.947. The highest BCUT2D eigenvalue weighted by atomic mass is 32.2. The zero-order valence-electron chi connectivity index (χ0n) is 14.9. The maximum atomic E-state index is 14.0. The first kappa shape index (κ1) is 20.1. The predicted octanol–water partition coefficient (Wildman–Crippen LogP) is 2.74. The average molecular weight is 378 g/mol. The smallest absolute Gasteiger partial charge is 0.225 e. The number of benzene rings is 2. The molecule has 5 nitrogen and oxygen atoms in total. The van der Waals surface area contributed by atoms with E-state index in [9.17, 15) is 17.6 Å². The van der Waals surface area contributed by atoms with Crippen molar-refractivity contribution >= 4 is 15.7 Å². The largest absolute Gasteiger partial charge is 0.349 e. The Morgan fingerprint density at radius 1 is 1.08 bits per heavy atom. The zero-order chi connectivity index (χ0) is 19.5. The second-order valence-corrected chi connectivity index (χ2v) is 8.40. The number of nitrogens with two attached hydrogens (primary N) is 1. The van der Waals surface area contributed by atoms with Crippen LogP contribution in [0.2, 0.25) is 0 Å². The van der Waals surface area contributed by atoms with Crippen molar-refractivity contribution in [1.82, 2.24) is 5.32 Å². The minimum Gasteiger partial charge on any atom is -0.349 e. The lowest BCUT2D eigenvalue weighted by Gasteiger charge is -2.22. The lowest BCUT2D eigenvalue weighted by Crippen LogP contribution is -2.36. The highest BCUT2D eigenvalue weighted by molar-refractivity contribution is 7.90. The van der Waals surface area contributed by atoms with Gasteiger partial charge in [-0.3, -0.25) is 4.79 Å². The molecule has 3 unspecified atom stereocenters. The summed E-state index contributed by atoms with van der Waals surface area (Å²) in [4.78, 5) is 12.1. The molecule has 1 amide bonds. The molecule has 2 aromatic rings. The van der Waals surface area contributed by atoms with Gasteiger partial charge in [0.1, 0.15) is 10.7 Å². The second-order valence-electron chi connectivity index (χ2n) is 6.42. The van der Waals surface area contributed by atoms with Crippen LogP contribution in [0.4, 0.5) is 4.39 Å². The van der Waals surface area contributed by atoms with Crippen LogP contribution in [0.15, 0.2) is 53.4 Å². The number of hydrogen-bond donors (Lipinski definition) is 2. The van der Waals surface area contributed by atoms with Crippen LogP contribution < -0.4 is 11.1 Å². The van der Waals surface area contributed by atoms with Gasteiger partial charge >= 0.3 is 0 Å². The van der Waals surface area contributed by atoms with Crippen molar-refractivity contribution < 1.29 is 17.6 Å². The molecule has 0 aliphatic heterocycles. The highest BCUT2D eigenvalue weighted by Crippen LogP contribution is 2.23. The minimum absolute atomic E-state index is 0.263. The van der Waals surface area contributed by atoms with Crippen LogP contribution >= 0.6 is 0 Å². The topological polar surface area (TPSA) is 89.3 Å². The molecule has 140 valence electrons. The Balaban J connectivity index is 2.10. The zero-order valence-corrected chi connectivity index (χ0v) is 15.8. The molecule has 0 aliphatic carbocycles. The summed E-state index contributed by atoms with van der Waals surface area (Å²) in [6.45, 7) is 3.43. The van der Waals surface area contributed by atoms with Crippen molar-refractivity contribution in [2.24, 2.45) is 11.7 Å². The Kier molecular flexibility index (Phi) is 6.15. The number of amides is 1. The van der Waals surface area contributed by atoms with Crippen LogP contribution in [0.1, 0.15) is 37.1 Å².